The first kappa shape index (κ1) is 20.4. The van der Waals surface area contributed by atoms with Gasteiger partial charge < -0.3 is 24.3 Å². The molecule has 146 valence electrons. The van der Waals surface area contributed by atoms with Crippen LogP contribution in [0.1, 0.15) is 30.6 Å². The second kappa shape index (κ2) is 9.71. The second-order valence-corrected chi connectivity index (χ2v) is 6.43. The van der Waals surface area contributed by atoms with Crippen LogP contribution >= 0.6 is 0 Å². The van der Waals surface area contributed by atoms with Gasteiger partial charge in [0.05, 0.1) is 27.9 Å². The summed E-state index contributed by atoms with van der Waals surface area (Å²) >= 11 is 0. The number of anilines is 1. The summed E-state index contributed by atoms with van der Waals surface area (Å²) in [5, 5.41) is 2.87. The molecule has 0 aliphatic heterocycles. The van der Waals surface area contributed by atoms with Crippen molar-refractivity contribution < 1.29 is 23.7 Å². The van der Waals surface area contributed by atoms with Gasteiger partial charge >= 0.3 is 0 Å². The lowest BCUT2D eigenvalue weighted by Gasteiger charge is -2.14. The van der Waals surface area contributed by atoms with Crippen molar-refractivity contribution in [3.63, 3.8) is 0 Å². The molecule has 0 aliphatic carbocycles. The fraction of sp³-hybridized carbons (Fsp3) is 0.381. The summed E-state index contributed by atoms with van der Waals surface area (Å²) in [6.45, 7) is 4.94. The van der Waals surface area contributed by atoms with E-state index in [0.717, 1.165) is 12.2 Å². The van der Waals surface area contributed by atoms with Gasteiger partial charge in [-0.1, -0.05) is 19.9 Å². The topological polar surface area (TPSA) is 66.0 Å². The molecule has 27 heavy (non-hydrogen) atoms. The van der Waals surface area contributed by atoms with E-state index in [1.807, 2.05) is 18.2 Å². The van der Waals surface area contributed by atoms with Crippen molar-refractivity contribution in [2.45, 2.75) is 20.3 Å². The number of benzene rings is 2. The van der Waals surface area contributed by atoms with Crippen molar-refractivity contribution in [3.05, 3.63) is 42.0 Å². The average molecular weight is 373 g/mol. The number of amides is 1. The molecule has 2 aromatic rings. The number of carbonyl (C=O) groups is 1. The number of carbonyl (C=O) groups excluding carboxylic acids is 1. The van der Waals surface area contributed by atoms with Gasteiger partial charge in [-0.25, -0.2) is 0 Å². The zero-order chi connectivity index (χ0) is 19.8. The number of ether oxygens (including phenoxy) is 4. The molecular weight excluding hydrogens is 346 g/mol. The maximum atomic E-state index is 12.7. The van der Waals surface area contributed by atoms with Gasteiger partial charge in [0.2, 0.25) is 5.75 Å². The molecule has 0 saturated heterocycles. The Labute approximate surface area is 160 Å². The lowest BCUT2D eigenvalue weighted by atomic mass is 10.1. The maximum absolute atomic E-state index is 12.7. The van der Waals surface area contributed by atoms with Crippen LogP contribution < -0.4 is 24.3 Å². The Bertz CT molecular complexity index is 748. The highest BCUT2D eigenvalue weighted by atomic mass is 16.5. The number of methoxy groups -OCH3 is 3. The molecule has 1 N–H and O–H groups in total. The largest absolute Gasteiger partial charge is 0.494 e. The molecule has 0 bridgehead atoms. The Morgan fingerprint density at radius 2 is 1.67 bits per heavy atom. The van der Waals surface area contributed by atoms with Crippen LogP contribution in [0, 0.1) is 5.92 Å². The third-order valence-corrected chi connectivity index (χ3v) is 3.98. The fourth-order valence-electron chi connectivity index (χ4n) is 2.49. The van der Waals surface area contributed by atoms with Crippen molar-refractivity contribution in [2.24, 2.45) is 5.92 Å². The Morgan fingerprint density at radius 3 is 2.22 bits per heavy atom. The summed E-state index contributed by atoms with van der Waals surface area (Å²) < 4.78 is 21.6. The lowest BCUT2D eigenvalue weighted by molar-refractivity contribution is 0.102. The summed E-state index contributed by atoms with van der Waals surface area (Å²) in [5.41, 5.74) is 1.05. The summed E-state index contributed by atoms with van der Waals surface area (Å²) in [4.78, 5) is 12.7. The van der Waals surface area contributed by atoms with Crippen LogP contribution in [0.15, 0.2) is 36.4 Å². The standard InChI is InChI=1S/C21H27NO5/c1-14(2)9-10-27-17-8-6-7-16(13-17)22-21(23)15-11-18(24-3)20(26-5)19(12-15)25-4/h6-8,11-14H,9-10H2,1-5H3,(H,22,23). The second-order valence-electron chi connectivity index (χ2n) is 6.43. The average Bonchev–Trinajstić information content (AvgIpc) is 2.66. The first-order valence-electron chi connectivity index (χ1n) is 8.82. The molecule has 6 heteroatoms. The molecule has 1 amide bonds. The minimum atomic E-state index is -0.284. The molecule has 0 aromatic heterocycles. The SMILES string of the molecule is COc1cc(C(=O)Nc2cccc(OCCC(C)C)c2)cc(OC)c1OC. The van der Waals surface area contributed by atoms with Crippen LogP contribution in [-0.2, 0) is 0 Å². The van der Waals surface area contributed by atoms with Crippen LogP contribution in [0.25, 0.3) is 0 Å². The molecule has 0 spiro atoms. The third-order valence-electron chi connectivity index (χ3n) is 3.98. The normalized spacial score (nSPS) is 10.4. The van der Waals surface area contributed by atoms with E-state index >= 15 is 0 Å². The van der Waals surface area contributed by atoms with Crippen LogP contribution in [0.5, 0.6) is 23.0 Å². The van der Waals surface area contributed by atoms with Gasteiger partial charge in [0, 0.05) is 17.3 Å². The van der Waals surface area contributed by atoms with Crippen molar-refractivity contribution in [1.82, 2.24) is 0 Å². The van der Waals surface area contributed by atoms with Crippen LogP contribution in [0.2, 0.25) is 0 Å². The van der Waals surface area contributed by atoms with Crippen LogP contribution in [-0.4, -0.2) is 33.8 Å². The molecule has 0 heterocycles. The predicted octanol–water partition coefficient (Wildman–Crippen LogP) is 4.39. The fourth-order valence-corrected chi connectivity index (χ4v) is 2.49. The predicted molar refractivity (Wildman–Crippen MR) is 105 cm³/mol. The van der Waals surface area contributed by atoms with Gasteiger partial charge in [-0.05, 0) is 36.6 Å². The van der Waals surface area contributed by atoms with Gasteiger partial charge in [0.25, 0.3) is 5.91 Å². The quantitative estimate of drug-likeness (QED) is 0.706. The molecule has 0 atom stereocenters. The first-order valence-corrected chi connectivity index (χ1v) is 8.82. The van der Waals surface area contributed by atoms with E-state index in [-0.39, 0.29) is 5.91 Å². The Hall–Kier alpha value is -2.89. The molecule has 0 fully saturated rings. The van der Waals surface area contributed by atoms with E-state index in [2.05, 4.69) is 19.2 Å². The van der Waals surface area contributed by atoms with Crippen molar-refractivity contribution in [3.8, 4) is 23.0 Å². The van der Waals surface area contributed by atoms with Crippen LogP contribution in [0.4, 0.5) is 5.69 Å². The highest BCUT2D eigenvalue weighted by molar-refractivity contribution is 6.05. The van der Waals surface area contributed by atoms with Crippen molar-refractivity contribution in [2.75, 3.05) is 33.3 Å². The summed E-state index contributed by atoms with van der Waals surface area (Å²) in [5.74, 6) is 2.30. The number of hydrogen-bond donors (Lipinski definition) is 1. The summed E-state index contributed by atoms with van der Waals surface area (Å²) in [6.07, 6.45) is 0.974. The monoisotopic (exact) mass is 373 g/mol. The van der Waals surface area contributed by atoms with E-state index in [1.54, 1.807) is 18.2 Å². The lowest BCUT2D eigenvalue weighted by Crippen LogP contribution is -2.13. The van der Waals surface area contributed by atoms with Crippen LogP contribution in [0.3, 0.4) is 0 Å². The summed E-state index contributed by atoms with van der Waals surface area (Å²) in [6, 6.07) is 10.5. The van der Waals surface area contributed by atoms with Gasteiger partial charge in [-0.15, -0.1) is 0 Å². The minimum Gasteiger partial charge on any atom is -0.494 e. The van der Waals surface area contributed by atoms with E-state index < -0.39 is 0 Å². The Kier molecular flexibility index (Phi) is 7.34. The van der Waals surface area contributed by atoms with E-state index in [4.69, 9.17) is 18.9 Å². The molecule has 2 rings (SSSR count). The minimum absolute atomic E-state index is 0.284. The molecule has 6 nitrogen and oxygen atoms in total. The zero-order valence-corrected chi connectivity index (χ0v) is 16.5. The highest BCUT2D eigenvalue weighted by Crippen LogP contribution is 2.38. The first-order chi connectivity index (χ1) is 13.0. The zero-order valence-electron chi connectivity index (χ0n) is 16.5. The number of nitrogens with one attached hydrogen (secondary N) is 1. The molecule has 0 radical (unpaired) electrons. The molecular formula is C21H27NO5. The van der Waals surface area contributed by atoms with E-state index in [0.29, 0.717) is 41.0 Å². The summed E-state index contributed by atoms with van der Waals surface area (Å²) in [7, 11) is 4.54. The third kappa shape index (κ3) is 5.54. The number of rotatable bonds is 9. The maximum Gasteiger partial charge on any atom is 0.255 e. The molecule has 2 aromatic carbocycles. The van der Waals surface area contributed by atoms with Crippen molar-refractivity contribution >= 4 is 11.6 Å². The van der Waals surface area contributed by atoms with Gasteiger partial charge in [0.15, 0.2) is 11.5 Å². The number of hydrogen-bond acceptors (Lipinski definition) is 5. The van der Waals surface area contributed by atoms with Crippen molar-refractivity contribution in [1.29, 1.82) is 0 Å². The van der Waals surface area contributed by atoms with E-state index in [1.165, 1.54) is 21.3 Å². The molecule has 0 unspecified atom stereocenters. The van der Waals surface area contributed by atoms with Gasteiger partial charge in [0.1, 0.15) is 5.75 Å². The highest BCUT2D eigenvalue weighted by Gasteiger charge is 2.17. The Balaban J connectivity index is 2.15. The van der Waals surface area contributed by atoms with Gasteiger partial charge in [-0.2, -0.15) is 0 Å². The molecule has 0 saturated carbocycles. The molecule has 0 aliphatic rings. The van der Waals surface area contributed by atoms with E-state index in [9.17, 15) is 4.79 Å². The smallest absolute Gasteiger partial charge is 0.255 e. The Morgan fingerprint density at radius 1 is 1.00 bits per heavy atom. The van der Waals surface area contributed by atoms with Gasteiger partial charge in [-0.3, -0.25) is 4.79 Å².